The minimum absolute atomic E-state index is 0.0356. The molecule has 5 heteroatoms. The van der Waals surface area contributed by atoms with Crippen LogP contribution in [0.5, 0.6) is 11.5 Å². The van der Waals surface area contributed by atoms with Crippen LogP contribution in [-0.4, -0.2) is 48.1 Å². The van der Waals surface area contributed by atoms with Gasteiger partial charge in [-0.2, -0.15) is 0 Å². The number of carbonyl (C=O) groups excluding carboxylic acids is 1. The summed E-state index contributed by atoms with van der Waals surface area (Å²) in [7, 11) is 2.18. The third-order valence-electron chi connectivity index (χ3n) is 6.98. The number of phenols is 1. The highest BCUT2D eigenvalue weighted by Gasteiger charge is 2.64. The molecule has 0 amide bonds. The van der Waals surface area contributed by atoms with E-state index in [0.29, 0.717) is 11.8 Å². The normalized spacial score (nSPS) is 33.8. The van der Waals surface area contributed by atoms with Crippen molar-refractivity contribution in [2.24, 2.45) is 5.92 Å². The number of rotatable bonds is 4. The number of hydrogen-bond acceptors (Lipinski definition) is 5. The first kappa shape index (κ1) is 16.2. The Balaban J connectivity index is 1.72. The third-order valence-corrected chi connectivity index (χ3v) is 6.98. The van der Waals surface area contributed by atoms with Gasteiger partial charge in [-0.25, -0.2) is 0 Å². The van der Waals surface area contributed by atoms with Crippen LogP contribution in [0.3, 0.4) is 0 Å². The van der Waals surface area contributed by atoms with Crippen LogP contribution in [0.2, 0.25) is 0 Å². The highest BCUT2D eigenvalue weighted by molar-refractivity contribution is 5.98. The fourth-order valence-corrected chi connectivity index (χ4v) is 5.72. The first-order chi connectivity index (χ1) is 12.6. The predicted octanol–water partition coefficient (Wildman–Crippen LogP) is 2.62. The van der Waals surface area contributed by atoms with Crippen LogP contribution in [0.25, 0.3) is 0 Å². The zero-order valence-electron chi connectivity index (χ0n) is 15.4. The lowest BCUT2D eigenvalue weighted by atomic mass is 9.53. The van der Waals surface area contributed by atoms with Crippen molar-refractivity contribution in [1.82, 2.24) is 4.90 Å². The number of unbranched alkanes of at least 4 members (excludes halogenated alkanes) is 1. The summed E-state index contributed by atoms with van der Waals surface area (Å²) in [5.41, 5.74) is 3.05. The van der Waals surface area contributed by atoms with Gasteiger partial charge in [0.15, 0.2) is 23.4 Å². The quantitative estimate of drug-likeness (QED) is 0.814. The Morgan fingerprint density at radius 2 is 2.31 bits per heavy atom. The first-order valence-corrected chi connectivity index (χ1v) is 9.80. The predicted molar refractivity (Wildman–Crippen MR) is 100.0 cm³/mol. The molecule has 1 aromatic rings. The van der Waals surface area contributed by atoms with E-state index in [1.54, 1.807) is 12.1 Å². The van der Waals surface area contributed by atoms with Gasteiger partial charge in [0.25, 0.3) is 0 Å². The van der Waals surface area contributed by atoms with Gasteiger partial charge in [-0.15, -0.1) is 0 Å². The van der Waals surface area contributed by atoms with Gasteiger partial charge >= 0.3 is 0 Å². The number of carbonyl (C=O) groups is 1. The van der Waals surface area contributed by atoms with Crippen molar-refractivity contribution in [2.75, 3.05) is 25.5 Å². The molecule has 1 spiro atoms. The Kier molecular flexibility index (Phi) is 3.42. The van der Waals surface area contributed by atoms with E-state index < -0.39 is 6.10 Å². The smallest absolute Gasteiger partial charge is 0.196 e. The molecule has 2 N–H and O–H groups in total. The largest absolute Gasteiger partial charge is 0.504 e. The van der Waals surface area contributed by atoms with Crippen LogP contribution in [0.4, 0.5) is 5.69 Å². The van der Waals surface area contributed by atoms with E-state index in [9.17, 15) is 9.90 Å². The number of likely N-dealkylation sites (N-methyl/N-ethyl adjacent to an activating group) is 1. The van der Waals surface area contributed by atoms with Gasteiger partial charge in [0.05, 0.1) is 5.41 Å². The zero-order chi connectivity index (χ0) is 18.1. The molecule has 1 saturated heterocycles. The molecule has 1 aromatic carbocycles. The Hall–Kier alpha value is -2.01. The number of piperidine rings is 1. The molecule has 0 radical (unpaired) electrons. The molecular formula is C21H26N2O3. The summed E-state index contributed by atoms with van der Waals surface area (Å²) < 4.78 is 6.14. The number of likely N-dealkylation sites (tertiary alicyclic amines) is 1. The Bertz CT molecular complexity index is 818. The lowest BCUT2D eigenvalue weighted by Gasteiger charge is -2.55. The average molecular weight is 354 g/mol. The van der Waals surface area contributed by atoms with Crippen LogP contribution in [0.1, 0.15) is 37.3 Å². The Labute approximate surface area is 154 Å². The monoisotopic (exact) mass is 354 g/mol. The van der Waals surface area contributed by atoms with Crippen molar-refractivity contribution < 1.29 is 14.6 Å². The molecule has 0 saturated carbocycles. The highest BCUT2D eigenvalue weighted by atomic mass is 16.5. The summed E-state index contributed by atoms with van der Waals surface area (Å²) >= 11 is 0. The molecule has 5 nitrogen and oxygen atoms in total. The molecule has 2 bridgehead atoms. The minimum atomic E-state index is -0.487. The number of phenolic OH excluding ortho intramolecular Hbond substituents is 1. The number of ketones is 1. The van der Waals surface area contributed by atoms with E-state index in [1.165, 1.54) is 5.56 Å². The second-order valence-electron chi connectivity index (χ2n) is 8.23. The van der Waals surface area contributed by atoms with E-state index in [2.05, 4.69) is 30.3 Å². The number of anilines is 1. The number of ether oxygens (including phenoxy) is 1. The lowest BCUT2D eigenvalue weighted by molar-refractivity contribution is -0.127. The number of nitrogens with one attached hydrogen (secondary N) is 1. The molecule has 26 heavy (non-hydrogen) atoms. The second kappa shape index (κ2) is 5.49. The lowest BCUT2D eigenvalue weighted by Crippen LogP contribution is -2.64. The molecular weight excluding hydrogens is 328 g/mol. The maximum absolute atomic E-state index is 12.7. The molecule has 4 atom stereocenters. The van der Waals surface area contributed by atoms with Gasteiger partial charge in [0.1, 0.15) is 0 Å². The fourth-order valence-electron chi connectivity index (χ4n) is 5.72. The van der Waals surface area contributed by atoms with Crippen LogP contribution in [-0.2, 0) is 16.6 Å². The Morgan fingerprint density at radius 3 is 3.12 bits per heavy atom. The summed E-state index contributed by atoms with van der Waals surface area (Å²) in [6.45, 7) is 4.02. The van der Waals surface area contributed by atoms with Crippen molar-refractivity contribution in [3.63, 3.8) is 0 Å². The standard InChI is InChI=1S/C21H26N2O3/c1-3-4-8-22-14-11-17(25)19-18-12(14)10-15-13-5-6-16(24)20(26-19)21(13,18)7-9-23(15)2/h5-6,11,13,15,20,22,25H,3-4,7-10H2,1-2H3/t13-,15+,20-,21-/m0/s1. The van der Waals surface area contributed by atoms with Crippen molar-refractivity contribution in [3.8, 4) is 11.5 Å². The summed E-state index contributed by atoms with van der Waals surface area (Å²) in [5.74, 6) is 1.02. The SMILES string of the molecule is CCCCNc1cc(O)c2c3c1C[C@@H]1[C@@H]4C=CC(=O)[C@H](O2)[C@]34CCN1C. The first-order valence-electron chi connectivity index (χ1n) is 9.80. The van der Waals surface area contributed by atoms with Crippen molar-refractivity contribution in [2.45, 2.75) is 50.2 Å². The van der Waals surface area contributed by atoms with Crippen molar-refractivity contribution in [1.29, 1.82) is 0 Å². The summed E-state index contributed by atoms with van der Waals surface area (Å²) in [4.78, 5) is 15.1. The van der Waals surface area contributed by atoms with Gasteiger partial charge in [-0.3, -0.25) is 4.79 Å². The van der Waals surface area contributed by atoms with Crippen LogP contribution in [0.15, 0.2) is 18.2 Å². The van der Waals surface area contributed by atoms with Crippen molar-refractivity contribution in [3.05, 3.63) is 29.3 Å². The van der Waals surface area contributed by atoms with Gasteiger partial charge < -0.3 is 20.1 Å². The Morgan fingerprint density at radius 1 is 1.46 bits per heavy atom. The number of nitrogens with zero attached hydrogens (tertiary/aromatic N) is 1. The van der Waals surface area contributed by atoms with Gasteiger partial charge in [0.2, 0.25) is 0 Å². The van der Waals surface area contributed by atoms with Crippen molar-refractivity contribution >= 4 is 11.5 Å². The maximum Gasteiger partial charge on any atom is 0.196 e. The molecule has 138 valence electrons. The van der Waals surface area contributed by atoms with Gasteiger partial charge in [-0.05, 0) is 44.5 Å². The molecule has 2 aliphatic heterocycles. The van der Waals surface area contributed by atoms with E-state index in [0.717, 1.165) is 50.0 Å². The van der Waals surface area contributed by atoms with Gasteiger partial charge in [0, 0.05) is 35.8 Å². The second-order valence-corrected chi connectivity index (χ2v) is 8.23. The van der Waals surface area contributed by atoms with E-state index >= 15 is 0 Å². The summed E-state index contributed by atoms with van der Waals surface area (Å²) in [6, 6.07) is 2.17. The molecule has 2 aliphatic carbocycles. The molecule has 2 heterocycles. The van der Waals surface area contributed by atoms with Crippen LogP contribution in [0, 0.1) is 5.92 Å². The summed E-state index contributed by atoms with van der Waals surface area (Å²) in [5, 5.41) is 14.2. The highest BCUT2D eigenvalue weighted by Crippen LogP contribution is 2.63. The topological polar surface area (TPSA) is 61.8 Å². The average Bonchev–Trinajstić information content (AvgIpc) is 2.98. The minimum Gasteiger partial charge on any atom is -0.504 e. The fraction of sp³-hybridized carbons (Fsp3) is 0.571. The van der Waals surface area contributed by atoms with E-state index in [4.69, 9.17) is 4.74 Å². The van der Waals surface area contributed by atoms with Crippen LogP contribution >= 0.6 is 0 Å². The molecule has 0 aromatic heterocycles. The number of benzene rings is 1. The molecule has 0 unspecified atom stereocenters. The van der Waals surface area contributed by atoms with E-state index in [1.807, 2.05) is 0 Å². The number of hydrogen-bond donors (Lipinski definition) is 2. The number of aromatic hydroxyl groups is 1. The zero-order valence-corrected chi connectivity index (χ0v) is 15.4. The third kappa shape index (κ3) is 1.87. The molecule has 1 fully saturated rings. The molecule has 4 aliphatic rings. The van der Waals surface area contributed by atoms with Crippen LogP contribution < -0.4 is 10.1 Å². The summed E-state index contributed by atoms with van der Waals surface area (Å²) in [6.07, 6.45) is 7.36. The van der Waals surface area contributed by atoms with Gasteiger partial charge in [-0.1, -0.05) is 19.4 Å². The molecule has 5 rings (SSSR count). The van der Waals surface area contributed by atoms with E-state index in [-0.39, 0.29) is 22.9 Å². The maximum atomic E-state index is 12.7.